The number of nitrogens with one attached hydrogen (secondary N) is 2. The van der Waals surface area contributed by atoms with Crippen LogP contribution in [0.5, 0.6) is 17.2 Å². The van der Waals surface area contributed by atoms with Crippen LogP contribution in [0.4, 0.5) is 11.4 Å². The van der Waals surface area contributed by atoms with Gasteiger partial charge in [-0.2, -0.15) is 0 Å². The molecule has 1 aliphatic heterocycles. The number of anilines is 2. The summed E-state index contributed by atoms with van der Waals surface area (Å²) < 4.78 is 20.4. The summed E-state index contributed by atoms with van der Waals surface area (Å²) in [6.07, 6.45) is 0. The monoisotopic (exact) mass is 530 g/mol. The van der Waals surface area contributed by atoms with Crippen molar-refractivity contribution in [2.24, 2.45) is 0 Å². The zero-order valence-electron chi connectivity index (χ0n) is 17.4. The molecule has 8 nitrogen and oxygen atoms in total. The Labute approximate surface area is 202 Å². The highest BCUT2D eigenvalue weighted by Crippen LogP contribution is 2.36. The molecule has 0 spiro atoms. The van der Waals surface area contributed by atoms with Gasteiger partial charge in [-0.1, -0.05) is 15.9 Å². The number of hydrogen-bond acceptors (Lipinski definition) is 7. The number of aromatic carboxylic acids is 1. The molecule has 0 radical (unpaired) electrons. The zero-order chi connectivity index (χ0) is 23.4. The van der Waals surface area contributed by atoms with Crippen molar-refractivity contribution in [1.82, 2.24) is 0 Å². The van der Waals surface area contributed by atoms with E-state index in [2.05, 4.69) is 26.0 Å². The van der Waals surface area contributed by atoms with Crippen LogP contribution in [0.2, 0.25) is 0 Å². The summed E-state index contributed by atoms with van der Waals surface area (Å²) in [6, 6.07) is 15.1. The number of hydrogen-bond donors (Lipinski definition) is 3. The maximum atomic E-state index is 12.8. The number of carboxylic acid groups (broad SMARTS) is 1. The van der Waals surface area contributed by atoms with Crippen LogP contribution in [0, 0.1) is 0 Å². The van der Waals surface area contributed by atoms with E-state index in [0.717, 1.165) is 5.69 Å². The van der Waals surface area contributed by atoms with E-state index in [1.54, 1.807) is 31.4 Å². The summed E-state index contributed by atoms with van der Waals surface area (Å²) in [6.45, 7) is 1.02. The first-order valence-corrected chi connectivity index (χ1v) is 11.4. The van der Waals surface area contributed by atoms with Gasteiger partial charge in [0.15, 0.2) is 11.5 Å². The molecule has 170 valence electrons. The van der Waals surface area contributed by atoms with Crippen LogP contribution >= 0.6 is 27.9 Å². The number of carboxylic acids is 1. The molecular weight excluding hydrogens is 512 g/mol. The minimum atomic E-state index is -1.14. The Morgan fingerprint density at radius 2 is 1.82 bits per heavy atom. The van der Waals surface area contributed by atoms with E-state index < -0.39 is 11.9 Å². The molecule has 1 aliphatic rings. The molecule has 0 aliphatic carbocycles. The first-order chi connectivity index (χ1) is 15.9. The summed E-state index contributed by atoms with van der Waals surface area (Å²) in [5.74, 6) is 0.360. The van der Waals surface area contributed by atoms with E-state index >= 15 is 0 Å². The van der Waals surface area contributed by atoms with E-state index in [4.69, 9.17) is 14.2 Å². The van der Waals surface area contributed by atoms with Gasteiger partial charge < -0.3 is 29.4 Å². The second-order valence-electron chi connectivity index (χ2n) is 6.88. The molecule has 0 aromatic heterocycles. The van der Waals surface area contributed by atoms with Gasteiger partial charge in [-0.3, -0.25) is 4.79 Å². The van der Waals surface area contributed by atoms with Crippen molar-refractivity contribution in [1.29, 1.82) is 0 Å². The average molecular weight is 531 g/mol. The number of amides is 1. The first-order valence-electron chi connectivity index (χ1n) is 9.79. The zero-order valence-corrected chi connectivity index (χ0v) is 19.8. The Bertz CT molecular complexity index is 1220. The Morgan fingerprint density at radius 3 is 2.58 bits per heavy atom. The second-order valence-corrected chi connectivity index (χ2v) is 8.64. The van der Waals surface area contributed by atoms with Crippen molar-refractivity contribution in [3.05, 3.63) is 70.2 Å². The SMILES string of the molecule is COc1ccc(C(=O)Nc2ccc(Br)cc2C(=O)O)cc1SNc1ccc2c(c1)OCCO2. The molecule has 33 heavy (non-hydrogen) atoms. The van der Waals surface area contributed by atoms with Crippen molar-refractivity contribution < 1.29 is 28.9 Å². The van der Waals surface area contributed by atoms with Gasteiger partial charge in [0.25, 0.3) is 5.91 Å². The molecule has 4 rings (SSSR count). The van der Waals surface area contributed by atoms with Crippen LogP contribution < -0.4 is 24.2 Å². The molecule has 1 amide bonds. The highest BCUT2D eigenvalue weighted by Gasteiger charge is 2.17. The Balaban J connectivity index is 1.52. The number of halogens is 1. The highest BCUT2D eigenvalue weighted by molar-refractivity contribution is 9.10. The van der Waals surface area contributed by atoms with Crippen molar-refractivity contribution >= 4 is 51.1 Å². The molecule has 0 fully saturated rings. The van der Waals surface area contributed by atoms with E-state index in [1.165, 1.54) is 24.1 Å². The largest absolute Gasteiger partial charge is 0.496 e. The number of ether oxygens (including phenoxy) is 3. The third-order valence-corrected chi connectivity index (χ3v) is 6.08. The van der Waals surface area contributed by atoms with Crippen molar-refractivity contribution in [2.45, 2.75) is 4.90 Å². The number of carbonyl (C=O) groups excluding carboxylic acids is 1. The molecule has 3 aromatic rings. The van der Waals surface area contributed by atoms with E-state index in [9.17, 15) is 14.7 Å². The third kappa shape index (κ3) is 5.35. The summed E-state index contributed by atoms with van der Waals surface area (Å²) in [5, 5.41) is 12.1. The fourth-order valence-corrected chi connectivity index (χ4v) is 4.27. The smallest absolute Gasteiger partial charge is 0.337 e. The Kier molecular flexibility index (Phi) is 6.95. The van der Waals surface area contributed by atoms with E-state index in [0.29, 0.717) is 45.4 Å². The van der Waals surface area contributed by atoms with Crippen LogP contribution in [-0.4, -0.2) is 37.3 Å². The van der Waals surface area contributed by atoms with Crippen molar-refractivity contribution in [2.75, 3.05) is 30.4 Å². The normalized spacial score (nSPS) is 12.1. The molecule has 1 heterocycles. The lowest BCUT2D eigenvalue weighted by atomic mass is 10.1. The predicted octanol–water partition coefficient (Wildman–Crippen LogP) is 5.30. The molecular formula is C23H19BrN2O6S. The minimum Gasteiger partial charge on any atom is -0.496 e. The van der Waals surface area contributed by atoms with Gasteiger partial charge in [-0.05, 0) is 60.5 Å². The second kappa shape index (κ2) is 10.1. The molecule has 0 atom stereocenters. The summed E-state index contributed by atoms with van der Waals surface area (Å²) in [4.78, 5) is 25.0. The van der Waals surface area contributed by atoms with Gasteiger partial charge in [-0.15, -0.1) is 0 Å². The maximum absolute atomic E-state index is 12.8. The van der Waals surface area contributed by atoms with Gasteiger partial charge in [0, 0.05) is 21.8 Å². The fourth-order valence-electron chi connectivity index (χ4n) is 3.12. The van der Waals surface area contributed by atoms with Crippen LogP contribution in [-0.2, 0) is 0 Å². The summed E-state index contributed by atoms with van der Waals surface area (Å²) in [5.41, 5.74) is 1.33. The van der Waals surface area contributed by atoms with Crippen LogP contribution in [0.15, 0.2) is 64.0 Å². The van der Waals surface area contributed by atoms with Crippen LogP contribution in [0.3, 0.4) is 0 Å². The number of fused-ring (bicyclic) bond motifs is 1. The van der Waals surface area contributed by atoms with Gasteiger partial charge >= 0.3 is 5.97 Å². The van der Waals surface area contributed by atoms with Gasteiger partial charge in [0.2, 0.25) is 0 Å². The van der Waals surface area contributed by atoms with E-state index in [-0.39, 0.29) is 11.3 Å². The molecule has 3 N–H and O–H groups in total. The summed E-state index contributed by atoms with van der Waals surface area (Å²) in [7, 11) is 1.55. The first kappa shape index (κ1) is 22.8. The molecule has 10 heteroatoms. The summed E-state index contributed by atoms with van der Waals surface area (Å²) >= 11 is 4.52. The lowest BCUT2D eigenvalue weighted by Gasteiger charge is -2.19. The van der Waals surface area contributed by atoms with E-state index in [1.807, 2.05) is 18.2 Å². The number of methoxy groups -OCH3 is 1. The number of rotatable bonds is 7. The molecule has 0 unspecified atom stereocenters. The molecule has 0 saturated carbocycles. The van der Waals surface area contributed by atoms with Crippen LogP contribution in [0.1, 0.15) is 20.7 Å². The standard InChI is InChI=1S/C23H19BrN2O6S/c1-30-19-6-2-13(22(27)25-17-5-3-14(24)11-16(17)23(28)29)10-21(19)33-26-15-4-7-18-20(12-15)32-9-8-31-18/h2-7,10-12,26H,8-9H2,1H3,(H,25,27)(H,28,29). The Hall–Kier alpha value is -3.37. The van der Waals surface area contributed by atoms with Crippen molar-refractivity contribution in [3.8, 4) is 17.2 Å². The van der Waals surface area contributed by atoms with Gasteiger partial charge in [-0.25, -0.2) is 4.79 Å². The Morgan fingerprint density at radius 1 is 1.03 bits per heavy atom. The van der Waals surface area contributed by atoms with Gasteiger partial charge in [0.05, 0.1) is 23.3 Å². The predicted molar refractivity (Wildman–Crippen MR) is 129 cm³/mol. The number of benzene rings is 3. The molecule has 0 bridgehead atoms. The van der Waals surface area contributed by atoms with Crippen LogP contribution in [0.25, 0.3) is 0 Å². The fraction of sp³-hybridized carbons (Fsp3) is 0.130. The maximum Gasteiger partial charge on any atom is 0.337 e. The third-order valence-electron chi connectivity index (χ3n) is 4.71. The average Bonchev–Trinajstić information content (AvgIpc) is 2.83. The molecule has 0 saturated heterocycles. The van der Waals surface area contributed by atoms with Crippen molar-refractivity contribution in [3.63, 3.8) is 0 Å². The quantitative estimate of drug-likeness (QED) is 0.353. The lowest BCUT2D eigenvalue weighted by Crippen LogP contribution is -2.15. The highest BCUT2D eigenvalue weighted by atomic mass is 79.9. The lowest BCUT2D eigenvalue weighted by molar-refractivity contribution is 0.0698. The van der Waals surface area contributed by atoms with Gasteiger partial charge in [0.1, 0.15) is 19.0 Å². The topological polar surface area (TPSA) is 106 Å². The minimum absolute atomic E-state index is 0.0129. The number of carbonyl (C=O) groups is 2. The molecule has 3 aromatic carbocycles.